The first-order valence-corrected chi connectivity index (χ1v) is 4.65. The van der Waals surface area contributed by atoms with E-state index in [1.807, 2.05) is 0 Å². The van der Waals surface area contributed by atoms with Crippen LogP contribution in [0, 0.1) is 0 Å². The summed E-state index contributed by atoms with van der Waals surface area (Å²) >= 11 is 11.5. The van der Waals surface area contributed by atoms with E-state index in [0.717, 1.165) is 0 Å². The van der Waals surface area contributed by atoms with Crippen LogP contribution in [0.4, 0.5) is 0 Å². The Balaban J connectivity index is 2.98. The second kappa shape index (κ2) is 3.23. The summed E-state index contributed by atoms with van der Waals surface area (Å²) in [7, 11) is 0. The largest absolute Gasteiger partial charge is 0.507 e. The van der Waals surface area contributed by atoms with Crippen LogP contribution in [0.25, 0.3) is 10.8 Å². The molecule has 0 aliphatic rings. The van der Waals surface area contributed by atoms with Crippen LogP contribution in [-0.4, -0.2) is 10.2 Å². The van der Waals surface area contributed by atoms with Crippen molar-refractivity contribution in [3.63, 3.8) is 0 Å². The van der Waals surface area contributed by atoms with Crippen LogP contribution in [0.1, 0.15) is 0 Å². The highest BCUT2D eigenvalue weighted by Crippen LogP contribution is 2.40. The van der Waals surface area contributed by atoms with Crippen molar-refractivity contribution in [2.75, 3.05) is 0 Å². The fourth-order valence-electron chi connectivity index (χ4n) is 1.33. The van der Waals surface area contributed by atoms with Gasteiger partial charge in [0.05, 0.1) is 5.02 Å². The predicted octanol–water partition coefficient (Wildman–Crippen LogP) is 3.56. The van der Waals surface area contributed by atoms with Crippen LogP contribution in [0.2, 0.25) is 10.0 Å². The molecule has 2 nitrogen and oxygen atoms in total. The maximum absolute atomic E-state index is 9.64. The molecule has 2 aromatic carbocycles. The molecule has 14 heavy (non-hydrogen) atoms. The maximum Gasteiger partial charge on any atom is 0.143 e. The van der Waals surface area contributed by atoms with Gasteiger partial charge in [-0.3, -0.25) is 0 Å². The number of aromatic hydroxyl groups is 2. The van der Waals surface area contributed by atoms with Crippen LogP contribution in [-0.2, 0) is 0 Å². The molecule has 0 aromatic heterocycles. The standard InChI is InChI=1S/C10H6Cl2O2/c11-7-4-6-5(10(14)9(7)12)2-1-3-8(6)13/h1-4,13-14H. The van der Waals surface area contributed by atoms with E-state index in [1.54, 1.807) is 12.1 Å². The lowest BCUT2D eigenvalue weighted by Crippen LogP contribution is -1.78. The lowest BCUT2D eigenvalue weighted by Gasteiger charge is -2.06. The molecule has 0 atom stereocenters. The first-order valence-electron chi connectivity index (χ1n) is 3.90. The fraction of sp³-hybridized carbons (Fsp3) is 0. The van der Waals surface area contributed by atoms with Gasteiger partial charge in [0.2, 0.25) is 0 Å². The van der Waals surface area contributed by atoms with Crippen molar-refractivity contribution < 1.29 is 10.2 Å². The van der Waals surface area contributed by atoms with Gasteiger partial charge in [0, 0.05) is 10.8 Å². The van der Waals surface area contributed by atoms with Gasteiger partial charge >= 0.3 is 0 Å². The van der Waals surface area contributed by atoms with Gasteiger partial charge < -0.3 is 10.2 Å². The summed E-state index contributed by atoms with van der Waals surface area (Å²) < 4.78 is 0. The quantitative estimate of drug-likeness (QED) is 0.724. The minimum Gasteiger partial charge on any atom is -0.507 e. The number of fused-ring (bicyclic) bond motifs is 1. The molecule has 4 heteroatoms. The maximum atomic E-state index is 9.64. The Morgan fingerprint density at radius 3 is 2.43 bits per heavy atom. The molecule has 0 heterocycles. The highest BCUT2D eigenvalue weighted by Gasteiger charge is 2.11. The molecule has 2 rings (SSSR count). The third-order valence-corrected chi connectivity index (χ3v) is 2.80. The SMILES string of the molecule is Oc1cccc2c(O)c(Cl)c(Cl)cc12. The van der Waals surface area contributed by atoms with Gasteiger partial charge in [-0.2, -0.15) is 0 Å². The van der Waals surface area contributed by atoms with Crippen molar-refractivity contribution in [2.24, 2.45) is 0 Å². The van der Waals surface area contributed by atoms with E-state index in [-0.39, 0.29) is 21.5 Å². The van der Waals surface area contributed by atoms with Gasteiger partial charge in [-0.15, -0.1) is 0 Å². The Labute approximate surface area is 90.3 Å². The topological polar surface area (TPSA) is 40.5 Å². The molecule has 0 aliphatic heterocycles. The molecule has 0 fully saturated rings. The Morgan fingerprint density at radius 2 is 1.71 bits per heavy atom. The summed E-state index contributed by atoms with van der Waals surface area (Å²) in [4.78, 5) is 0. The molecule has 0 saturated carbocycles. The van der Waals surface area contributed by atoms with Gasteiger partial charge in [0.25, 0.3) is 0 Å². The summed E-state index contributed by atoms with van der Waals surface area (Å²) in [5.74, 6) is -0.0403. The molecule has 0 spiro atoms. The highest BCUT2D eigenvalue weighted by atomic mass is 35.5. The Kier molecular flexibility index (Phi) is 2.17. The average Bonchev–Trinajstić information content (AvgIpc) is 2.17. The lowest BCUT2D eigenvalue weighted by molar-refractivity contribution is 0.476. The summed E-state index contributed by atoms with van der Waals surface area (Å²) in [5, 5.41) is 20.4. The van der Waals surface area contributed by atoms with Crippen molar-refractivity contribution in [3.05, 3.63) is 34.3 Å². The van der Waals surface area contributed by atoms with Crippen LogP contribution in [0.15, 0.2) is 24.3 Å². The first-order chi connectivity index (χ1) is 6.61. The van der Waals surface area contributed by atoms with E-state index in [4.69, 9.17) is 23.2 Å². The predicted molar refractivity (Wildman–Crippen MR) is 57.3 cm³/mol. The molecular weight excluding hydrogens is 223 g/mol. The molecular formula is C10H6Cl2O2. The van der Waals surface area contributed by atoms with E-state index < -0.39 is 0 Å². The zero-order valence-corrected chi connectivity index (χ0v) is 8.47. The van der Waals surface area contributed by atoms with Gasteiger partial charge in [0.1, 0.15) is 16.5 Å². The number of rotatable bonds is 0. The van der Waals surface area contributed by atoms with Gasteiger partial charge in [-0.05, 0) is 12.1 Å². The number of halogens is 2. The molecule has 0 unspecified atom stereocenters. The summed E-state index contributed by atoms with van der Waals surface area (Å²) in [6.07, 6.45) is 0. The number of benzene rings is 2. The molecule has 0 radical (unpaired) electrons. The summed E-state index contributed by atoms with van der Waals surface area (Å²) in [5.41, 5.74) is 0. The van der Waals surface area contributed by atoms with E-state index in [9.17, 15) is 10.2 Å². The number of phenols is 2. The highest BCUT2D eigenvalue weighted by molar-refractivity contribution is 6.44. The van der Waals surface area contributed by atoms with E-state index in [0.29, 0.717) is 10.8 Å². The zero-order chi connectivity index (χ0) is 10.3. The van der Waals surface area contributed by atoms with Crippen LogP contribution < -0.4 is 0 Å². The molecule has 2 N–H and O–H groups in total. The van der Waals surface area contributed by atoms with Crippen molar-refractivity contribution in [1.29, 1.82) is 0 Å². The number of hydrogen-bond acceptors (Lipinski definition) is 2. The second-order valence-electron chi connectivity index (χ2n) is 2.89. The van der Waals surface area contributed by atoms with Crippen molar-refractivity contribution in [3.8, 4) is 11.5 Å². The van der Waals surface area contributed by atoms with Crippen LogP contribution in [0.5, 0.6) is 11.5 Å². The first kappa shape index (κ1) is 9.44. The van der Waals surface area contributed by atoms with Crippen LogP contribution >= 0.6 is 23.2 Å². The van der Waals surface area contributed by atoms with Crippen LogP contribution in [0.3, 0.4) is 0 Å². The van der Waals surface area contributed by atoms with E-state index >= 15 is 0 Å². The minimum absolute atomic E-state index is 0.0661. The summed E-state index contributed by atoms with van der Waals surface area (Å²) in [6, 6.07) is 6.33. The Hall–Kier alpha value is -1.12. The minimum atomic E-state index is -0.106. The van der Waals surface area contributed by atoms with Gasteiger partial charge in [0.15, 0.2) is 0 Å². The number of phenolic OH excluding ortho intramolecular Hbond substituents is 2. The lowest BCUT2D eigenvalue weighted by atomic mass is 10.1. The molecule has 0 bridgehead atoms. The second-order valence-corrected chi connectivity index (χ2v) is 3.68. The summed E-state index contributed by atoms with van der Waals surface area (Å²) in [6.45, 7) is 0. The van der Waals surface area contributed by atoms with Crippen molar-refractivity contribution >= 4 is 34.0 Å². The van der Waals surface area contributed by atoms with Crippen molar-refractivity contribution in [1.82, 2.24) is 0 Å². The monoisotopic (exact) mass is 228 g/mol. The third-order valence-electron chi connectivity index (χ3n) is 2.03. The third kappa shape index (κ3) is 1.27. The van der Waals surface area contributed by atoms with Gasteiger partial charge in [-0.25, -0.2) is 0 Å². The molecule has 0 amide bonds. The van der Waals surface area contributed by atoms with Crippen molar-refractivity contribution in [2.45, 2.75) is 0 Å². The molecule has 0 saturated heterocycles. The smallest absolute Gasteiger partial charge is 0.143 e. The van der Waals surface area contributed by atoms with E-state index in [1.165, 1.54) is 12.1 Å². The van der Waals surface area contributed by atoms with E-state index in [2.05, 4.69) is 0 Å². The van der Waals surface area contributed by atoms with Gasteiger partial charge in [-0.1, -0.05) is 35.3 Å². The molecule has 0 aliphatic carbocycles. The fourth-order valence-corrected chi connectivity index (χ4v) is 1.69. The normalized spacial score (nSPS) is 10.7. The average molecular weight is 229 g/mol. The Bertz CT molecular complexity index is 509. The molecule has 2 aromatic rings. The Morgan fingerprint density at radius 1 is 1.00 bits per heavy atom. The number of hydrogen-bond donors (Lipinski definition) is 2. The molecule has 72 valence electrons. The zero-order valence-electron chi connectivity index (χ0n) is 6.96.